The summed E-state index contributed by atoms with van der Waals surface area (Å²) in [6.07, 6.45) is -6.11. The zero-order valence-electron chi connectivity index (χ0n) is 24.5. The molecule has 1 aliphatic heterocycles. The molecule has 234 valence electrons. The molecule has 1 unspecified atom stereocenters. The number of hydrogen-bond donors (Lipinski definition) is 4. The molecule has 0 saturated heterocycles. The minimum Gasteiger partial charge on any atom is -0.493 e. The van der Waals surface area contributed by atoms with Crippen LogP contribution in [0.1, 0.15) is 72.0 Å². The van der Waals surface area contributed by atoms with E-state index >= 15 is 0 Å². The predicted octanol–water partition coefficient (Wildman–Crippen LogP) is 4.25. The van der Waals surface area contributed by atoms with Crippen molar-refractivity contribution in [3.8, 4) is 11.5 Å². The topological polar surface area (TPSA) is 166 Å². The van der Waals surface area contributed by atoms with Crippen molar-refractivity contribution >= 4 is 29.5 Å². The summed E-state index contributed by atoms with van der Waals surface area (Å²) >= 11 is 0. The van der Waals surface area contributed by atoms with Gasteiger partial charge in [0.2, 0.25) is 0 Å². The number of carboxylic acids is 2. The van der Waals surface area contributed by atoms with Crippen molar-refractivity contribution in [3.05, 3.63) is 58.1 Å². The van der Waals surface area contributed by atoms with Gasteiger partial charge in [0.1, 0.15) is 17.3 Å². The number of carbonyl (C=O) groups is 4. The second-order valence-electron chi connectivity index (χ2n) is 10.5. The zero-order valence-corrected chi connectivity index (χ0v) is 24.5. The lowest BCUT2D eigenvalue weighted by Crippen LogP contribution is -2.30. The SMILES string of the molecule is CCOc1cc2c(cc1C(=O)NC)C(=N)N(CC(=O)c1ccc(OC(C)C(=O)O)c(C(C)(C)C)c1)C2.O=C(O)C(F)(F)F. The molecule has 2 aromatic rings. The first-order valence-electron chi connectivity index (χ1n) is 13.0. The molecular formula is C29H34F3N3O8. The van der Waals surface area contributed by atoms with Crippen molar-refractivity contribution in [2.24, 2.45) is 0 Å². The monoisotopic (exact) mass is 609 g/mol. The summed E-state index contributed by atoms with van der Waals surface area (Å²) in [6, 6.07) is 8.37. The highest BCUT2D eigenvalue weighted by atomic mass is 19.4. The van der Waals surface area contributed by atoms with Crippen LogP contribution in [-0.4, -0.2) is 77.1 Å². The van der Waals surface area contributed by atoms with Gasteiger partial charge in [-0.25, -0.2) is 9.59 Å². The van der Waals surface area contributed by atoms with Crippen molar-refractivity contribution < 1.29 is 52.0 Å². The summed E-state index contributed by atoms with van der Waals surface area (Å²) in [7, 11) is 1.53. The van der Waals surface area contributed by atoms with Crippen LogP contribution in [-0.2, 0) is 21.5 Å². The lowest BCUT2D eigenvalue weighted by atomic mass is 9.85. The van der Waals surface area contributed by atoms with Crippen LogP contribution in [0.15, 0.2) is 30.3 Å². The zero-order chi connectivity index (χ0) is 32.9. The van der Waals surface area contributed by atoms with Crippen LogP contribution >= 0.6 is 0 Å². The third-order valence-electron chi connectivity index (χ3n) is 6.25. The summed E-state index contributed by atoms with van der Waals surface area (Å²) in [4.78, 5) is 47.4. The Hall–Kier alpha value is -4.62. The van der Waals surface area contributed by atoms with E-state index in [1.807, 2.05) is 27.7 Å². The molecule has 0 aliphatic carbocycles. The Balaban J connectivity index is 0.000000821. The number of aliphatic carboxylic acids is 2. The molecule has 1 amide bonds. The number of amidine groups is 1. The smallest absolute Gasteiger partial charge is 0.490 e. The van der Waals surface area contributed by atoms with Crippen molar-refractivity contribution in [2.45, 2.75) is 58.9 Å². The molecule has 2 aromatic carbocycles. The first-order valence-corrected chi connectivity index (χ1v) is 13.0. The van der Waals surface area contributed by atoms with E-state index in [4.69, 9.17) is 24.8 Å². The molecule has 0 aromatic heterocycles. The predicted molar refractivity (Wildman–Crippen MR) is 149 cm³/mol. The molecule has 43 heavy (non-hydrogen) atoms. The highest BCUT2D eigenvalue weighted by Crippen LogP contribution is 2.34. The number of hydrogen-bond acceptors (Lipinski definition) is 7. The summed E-state index contributed by atoms with van der Waals surface area (Å²) in [6.45, 7) is 9.88. The first-order chi connectivity index (χ1) is 19.8. The quantitative estimate of drug-likeness (QED) is 0.304. The number of nitrogens with one attached hydrogen (secondary N) is 2. The van der Waals surface area contributed by atoms with Crippen LogP contribution in [0.2, 0.25) is 0 Å². The van der Waals surface area contributed by atoms with Gasteiger partial charge in [-0.3, -0.25) is 15.0 Å². The average molecular weight is 610 g/mol. The number of carbonyl (C=O) groups excluding carboxylic acids is 2. The Morgan fingerprint density at radius 3 is 2.16 bits per heavy atom. The maximum Gasteiger partial charge on any atom is 0.490 e. The van der Waals surface area contributed by atoms with Crippen LogP contribution in [0, 0.1) is 5.41 Å². The molecule has 3 rings (SSSR count). The van der Waals surface area contributed by atoms with Gasteiger partial charge in [-0.1, -0.05) is 20.8 Å². The molecule has 11 nitrogen and oxygen atoms in total. The average Bonchev–Trinajstić information content (AvgIpc) is 3.20. The highest BCUT2D eigenvalue weighted by molar-refractivity contribution is 6.07. The number of fused-ring (bicyclic) bond motifs is 1. The van der Waals surface area contributed by atoms with Gasteiger partial charge in [-0.15, -0.1) is 0 Å². The Labute approximate surface area is 246 Å². The first kappa shape index (κ1) is 34.6. The summed E-state index contributed by atoms with van der Waals surface area (Å²) in [5.41, 5.74) is 2.51. The highest BCUT2D eigenvalue weighted by Gasteiger charge is 2.38. The lowest BCUT2D eigenvalue weighted by Gasteiger charge is -2.25. The second kappa shape index (κ2) is 13.6. The molecular weight excluding hydrogens is 575 g/mol. The number of Topliss-reactive ketones (excluding diaryl/α,β-unsaturated/α-hetero) is 1. The molecule has 14 heteroatoms. The van der Waals surface area contributed by atoms with Crippen LogP contribution in [0.3, 0.4) is 0 Å². The van der Waals surface area contributed by atoms with E-state index in [1.165, 1.54) is 14.0 Å². The van der Waals surface area contributed by atoms with Crippen molar-refractivity contribution in [1.82, 2.24) is 10.2 Å². The van der Waals surface area contributed by atoms with Gasteiger partial charge >= 0.3 is 18.1 Å². The molecule has 1 heterocycles. The Bertz CT molecular complexity index is 1420. The van der Waals surface area contributed by atoms with E-state index in [1.54, 1.807) is 35.2 Å². The Morgan fingerprint density at radius 1 is 1.07 bits per heavy atom. The normalized spacial score (nSPS) is 13.3. The van der Waals surface area contributed by atoms with Crippen molar-refractivity contribution in [1.29, 1.82) is 5.41 Å². The Morgan fingerprint density at radius 2 is 1.67 bits per heavy atom. The minimum atomic E-state index is -5.08. The van der Waals surface area contributed by atoms with Gasteiger partial charge in [-0.05, 0) is 55.2 Å². The molecule has 0 spiro atoms. The molecule has 1 aliphatic rings. The van der Waals surface area contributed by atoms with Crippen LogP contribution < -0.4 is 14.8 Å². The number of amides is 1. The van der Waals surface area contributed by atoms with Gasteiger partial charge in [-0.2, -0.15) is 13.2 Å². The number of ketones is 1. The van der Waals surface area contributed by atoms with Crippen LogP contribution in [0.4, 0.5) is 13.2 Å². The third-order valence-corrected chi connectivity index (χ3v) is 6.25. The molecule has 0 bridgehead atoms. The van der Waals surface area contributed by atoms with E-state index in [2.05, 4.69) is 5.32 Å². The molecule has 1 atom stereocenters. The number of alkyl halides is 3. The second-order valence-corrected chi connectivity index (χ2v) is 10.5. The van der Waals surface area contributed by atoms with Gasteiger partial charge in [0.15, 0.2) is 11.9 Å². The molecule has 4 N–H and O–H groups in total. The fourth-order valence-corrected chi connectivity index (χ4v) is 4.05. The number of carboxylic acid groups (broad SMARTS) is 2. The van der Waals surface area contributed by atoms with Gasteiger partial charge < -0.3 is 29.9 Å². The number of rotatable bonds is 9. The van der Waals surface area contributed by atoms with E-state index in [0.717, 1.165) is 11.1 Å². The largest absolute Gasteiger partial charge is 0.493 e. The van der Waals surface area contributed by atoms with E-state index < -0.39 is 29.6 Å². The van der Waals surface area contributed by atoms with Crippen LogP contribution in [0.25, 0.3) is 0 Å². The number of benzene rings is 2. The molecule has 0 radical (unpaired) electrons. The summed E-state index contributed by atoms with van der Waals surface area (Å²) < 4.78 is 43.0. The van der Waals surface area contributed by atoms with E-state index in [9.17, 15) is 32.7 Å². The fourth-order valence-electron chi connectivity index (χ4n) is 4.05. The maximum absolute atomic E-state index is 13.2. The van der Waals surface area contributed by atoms with Crippen LogP contribution in [0.5, 0.6) is 11.5 Å². The standard InChI is InChI=1S/C27H33N3O6.C2HF3O2/c1-7-35-23-11-17-13-30(24(28)18(17)12-19(23)25(32)29-6)14-21(31)16-8-9-22(36-15(2)26(33)34)20(10-16)27(3,4)5;3-2(4,5)1(6)7/h8-12,15,28H,7,13-14H2,1-6H3,(H,29,32)(H,33,34);(H,6,7). The van der Waals surface area contributed by atoms with E-state index in [-0.39, 0.29) is 24.1 Å². The number of nitrogens with zero attached hydrogens (tertiary/aromatic N) is 1. The maximum atomic E-state index is 13.2. The Kier molecular flexibility index (Phi) is 10.9. The lowest BCUT2D eigenvalue weighted by molar-refractivity contribution is -0.192. The van der Waals surface area contributed by atoms with Gasteiger partial charge in [0.05, 0.1) is 18.7 Å². The molecule has 0 saturated carbocycles. The van der Waals surface area contributed by atoms with E-state index in [0.29, 0.717) is 41.3 Å². The minimum absolute atomic E-state index is 0.0257. The van der Waals surface area contributed by atoms with Crippen molar-refractivity contribution in [2.75, 3.05) is 20.2 Å². The number of ether oxygens (including phenoxy) is 2. The van der Waals surface area contributed by atoms with Gasteiger partial charge in [0, 0.05) is 30.3 Å². The van der Waals surface area contributed by atoms with Crippen molar-refractivity contribution in [3.63, 3.8) is 0 Å². The molecule has 0 fully saturated rings. The fraction of sp³-hybridized carbons (Fsp3) is 0.414. The van der Waals surface area contributed by atoms with Gasteiger partial charge in [0.25, 0.3) is 5.91 Å². The summed E-state index contributed by atoms with van der Waals surface area (Å²) in [5, 5.41) is 27.6. The summed E-state index contributed by atoms with van der Waals surface area (Å²) in [5.74, 6) is -3.30. The third kappa shape index (κ3) is 8.69. The number of halogens is 3.